The van der Waals surface area contributed by atoms with Gasteiger partial charge in [-0.2, -0.15) is 5.26 Å². The Morgan fingerprint density at radius 2 is 1.74 bits per heavy atom. The molecule has 0 spiro atoms. The maximum atomic E-state index is 14.2. The van der Waals surface area contributed by atoms with Gasteiger partial charge in [0.1, 0.15) is 5.82 Å². The Hall–Kier alpha value is -4.40. The van der Waals surface area contributed by atoms with E-state index in [4.69, 9.17) is 16.3 Å². The fourth-order valence-electron chi connectivity index (χ4n) is 4.30. The highest BCUT2D eigenvalue weighted by Crippen LogP contribution is 2.41. The Labute approximate surface area is 206 Å². The van der Waals surface area contributed by atoms with Gasteiger partial charge in [0, 0.05) is 32.6 Å². The van der Waals surface area contributed by atoms with Crippen LogP contribution >= 0.6 is 11.6 Å². The summed E-state index contributed by atoms with van der Waals surface area (Å²) in [7, 11) is 1.32. The van der Waals surface area contributed by atoms with Crippen molar-refractivity contribution in [1.82, 2.24) is 4.98 Å². The number of ether oxygens (including phenoxy) is 1. The van der Waals surface area contributed by atoms with Gasteiger partial charge in [0.15, 0.2) is 0 Å². The van der Waals surface area contributed by atoms with Crippen LogP contribution < -0.4 is 0 Å². The predicted octanol–water partition coefficient (Wildman–Crippen LogP) is 7.62. The van der Waals surface area contributed by atoms with Gasteiger partial charge in [-0.3, -0.25) is 0 Å². The number of benzene rings is 4. The van der Waals surface area contributed by atoms with Crippen molar-refractivity contribution in [2.45, 2.75) is 0 Å². The van der Waals surface area contributed by atoms with E-state index in [9.17, 15) is 14.4 Å². The van der Waals surface area contributed by atoms with Crippen LogP contribution in [-0.2, 0) is 4.74 Å². The molecule has 5 aromatic rings. The van der Waals surface area contributed by atoms with E-state index in [1.54, 1.807) is 36.4 Å². The molecule has 0 bridgehead atoms. The third-order valence-corrected chi connectivity index (χ3v) is 6.24. The molecule has 1 N–H and O–H groups in total. The van der Waals surface area contributed by atoms with E-state index < -0.39 is 5.97 Å². The molecular weight excluding hydrogens is 463 g/mol. The topological polar surface area (TPSA) is 65.9 Å². The Morgan fingerprint density at radius 1 is 0.943 bits per heavy atom. The van der Waals surface area contributed by atoms with E-state index in [0.29, 0.717) is 27.1 Å². The number of nitriles is 1. The number of aromatic amines is 1. The predicted molar refractivity (Wildman–Crippen MR) is 136 cm³/mol. The van der Waals surface area contributed by atoms with Gasteiger partial charge < -0.3 is 9.72 Å². The quantitative estimate of drug-likeness (QED) is 0.269. The second-order valence-electron chi connectivity index (χ2n) is 7.99. The van der Waals surface area contributed by atoms with Crippen LogP contribution in [0.25, 0.3) is 44.4 Å². The molecule has 0 saturated carbocycles. The molecule has 0 aliphatic rings. The lowest BCUT2D eigenvalue weighted by Crippen LogP contribution is -2.00. The summed E-state index contributed by atoms with van der Waals surface area (Å²) in [5.74, 6) is -0.816. The first kappa shape index (κ1) is 22.4. The second-order valence-corrected chi connectivity index (χ2v) is 8.40. The van der Waals surface area contributed by atoms with Crippen molar-refractivity contribution in [1.29, 1.82) is 5.26 Å². The first-order valence-electron chi connectivity index (χ1n) is 10.8. The molecule has 0 saturated heterocycles. The van der Waals surface area contributed by atoms with Crippen LogP contribution in [0.3, 0.4) is 0 Å². The van der Waals surface area contributed by atoms with Crippen LogP contribution in [0.5, 0.6) is 0 Å². The fraction of sp³-hybridized carbons (Fsp3) is 0.0345. The normalized spacial score (nSPS) is 10.8. The molecule has 0 aliphatic carbocycles. The minimum absolute atomic E-state index is 0.357. The number of H-pyrrole nitrogens is 1. The summed E-state index contributed by atoms with van der Waals surface area (Å²) in [4.78, 5) is 15.3. The molecule has 35 heavy (non-hydrogen) atoms. The minimum atomic E-state index is -0.460. The first-order valence-corrected chi connectivity index (χ1v) is 11.2. The number of methoxy groups -OCH3 is 1. The monoisotopic (exact) mass is 480 g/mol. The molecule has 170 valence electrons. The first-order chi connectivity index (χ1) is 17.0. The average Bonchev–Trinajstić information content (AvgIpc) is 3.26. The number of nitrogens with one attached hydrogen (secondary N) is 1. The molecule has 1 heterocycles. The van der Waals surface area contributed by atoms with Crippen LogP contribution in [-0.4, -0.2) is 18.1 Å². The lowest BCUT2D eigenvalue weighted by Gasteiger charge is -2.11. The average molecular weight is 481 g/mol. The maximum absolute atomic E-state index is 14.2. The van der Waals surface area contributed by atoms with E-state index in [1.165, 1.54) is 19.2 Å². The van der Waals surface area contributed by atoms with Gasteiger partial charge in [-0.25, -0.2) is 9.18 Å². The lowest BCUT2D eigenvalue weighted by atomic mass is 9.93. The van der Waals surface area contributed by atoms with Crippen LogP contribution in [0.4, 0.5) is 4.39 Å². The van der Waals surface area contributed by atoms with Crippen molar-refractivity contribution in [2.75, 3.05) is 7.11 Å². The molecule has 4 nitrogen and oxygen atoms in total. The second kappa shape index (κ2) is 9.09. The van der Waals surface area contributed by atoms with Crippen molar-refractivity contribution in [3.8, 4) is 39.6 Å². The van der Waals surface area contributed by atoms with E-state index in [1.807, 2.05) is 36.4 Å². The zero-order valence-corrected chi connectivity index (χ0v) is 19.4. The Kier molecular flexibility index (Phi) is 5.82. The molecule has 0 amide bonds. The molecule has 4 aromatic carbocycles. The molecule has 0 atom stereocenters. The molecule has 0 fully saturated rings. The third kappa shape index (κ3) is 4.05. The Morgan fingerprint density at radius 3 is 2.51 bits per heavy atom. The van der Waals surface area contributed by atoms with Gasteiger partial charge in [-0.1, -0.05) is 54.1 Å². The molecule has 0 unspecified atom stereocenters. The van der Waals surface area contributed by atoms with Crippen molar-refractivity contribution in [3.05, 3.63) is 107 Å². The standard InChI is InChI=1S/C29H18ClFN2O2/c1-35-29(34)19-9-11-22(25(30)14-19)17-6-4-7-18(13-17)28-27(23-8-3-2-5-20(23)16-32)24-15-21(31)10-12-26(24)33-28/h2-15,33H,1H3. The summed E-state index contributed by atoms with van der Waals surface area (Å²) in [6, 6.07) is 26.9. The highest BCUT2D eigenvalue weighted by Gasteiger charge is 2.19. The molecule has 0 radical (unpaired) electrons. The zero-order valence-electron chi connectivity index (χ0n) is 18.6. The number of aromatic nitrogens is 1. The lowest BCUT2D eigenvalue weighted by molar-refractivity contribution is 0.0600. The van der Waals surface area contributed by atoms with E-state index >= 15 is 0 Å². The Balaban J connectivity index is 1.71. The Bertz CT molecular complexity index is 1650. The molecule has 0 aliphatic heterocycles. The number of halogens is 2. The highest BCUT2D eigenvalue weighted by atomic mass is 35.5. The highest BCUT2D eigenvalue weighted by molar-refractivity contribution is 6.33. The van der Waals surface area contributed by atoms with E-state index in [0.717, 1.165) is 33.5 Å². The number of fused-ring (bicyclic) bond motifs is 1. The van der Waals surface area contributed by atoms with Crippen LogP contribution in [0.15, 0.2) is 84.9 Å². The number of esters is 1. The van der Waals surface area contributed by atoms with Gasteiger partial charge in [0.05, 0.1) is 30.0 Å². The van der Waals surface area contributed by atoms with Crippen LogP contribution in [0.1, 0.15) is 15.9 Å². The number of rotatable bonds is 4. The summed E-state index contributed by atoms with van der Waals surface area (Å²) in [6.45, 7) is 0. The smallest absolute Gasteiger partial charge is 0.337 e. The van der Waals surface area contributed by atoms with Gasteiger partial charge >= 0.3 is 5.97 Å². The minimum Gasteiger partial charge on any atom is -0.465 e. The van der Waals surface area contributed by atoms with Crippen LogP contribution in [0, 0.1) is 17.1 Å². The third-order valence-electron chi connectivity index (χ3n) is 5.93. The zero-order chi connectivity index (χ0) is 24.5. The van der Waals surface area contributed by atoms with Crippen molar-refractivity contribution in [2.24, 2.45) is 0 Å². The van der Waals surface area contributed by atoms with Crippen molar-refractivity contribution >= 4 is 28.5 Å². The number of nitrogens with zero attached hydrogens (tertiary/aromatic N) is 1. The van der Waals surface area contributed by atoms with Crippen molar-refractivity contribution < 1.29 is 13.9 Å². The molecule has 6 heteroatoms. The van der Waals surface area contributed by atoms with Crippen LogP contribution in [0.2, 0.25) is 5.02 Å². The number of carbonyl (C=O) groups is 1. The number of hydrogen-bond acceptors (Lipinski definition) is 3. The van der Waals surface area contributed by atoms with E-state index in [2.05, 4.69) is 11.1 Å². The van der Waals surface area contributed by atoms with Gasteiger partial charge in [-0.15, -0.1) is 0 Å². The summed E-state index contributed by atoms with van der Waals surface area (Å²) >= 11 is 6.52. The van der Waals surface area contributed by atoms with Crippen molar-refractivity contribution in [3.63, 3.8) is 0 Å². The van der Waals surface area contributed by atoms with E-state index in [-0.39, 0.29) is 5.82 Å². The SMILES string of the molecule is COC(=O)c1ccc(-c2cccc(-c3[nH]c4ccc(F)cc4c3-c3ccccc3C#N)c2)c(Cl)c1. The molecule has 1 aromatic heterocycles. The number of carbonyl (C=O) groups excluding carboxylic acids is 1. The largest absolute Gasteiger partial charge is 0.465 e. The fourth-order valence-corrected chi connectivity index (χ4v) is 4.58. The summed E-state index contributed by atoms with van der Waals surface area (Å²) in [6.07, 6.45) is 0. The summed E-state index contributed by atoms with van der Waals surface area (Å²) in [5, 5.41) is 10.8. The summed E-state index contributed by atoms with van der Waals surface area (Å²) < 4.78 is 19.0. The van der Waals surface area contributed by atoms with Gasteiger partial charge in [0.25, 0.3) is 0 Å². The number of hydrogen-bond donors (Lipinski definition) is 1. The maximum Gasteiger partial charge on any atom is 0.337 e. The van der Waals surface area contributed by atoms with Gasteiger partial charge in [0.2, 0.25) is 0 Å². The molecule has 5 rings (SSSR count). The summed E-state index contributed by atoms with van der Waals surface area (Å²) in [5.41, 5.74) is 6.29. The van der Waals surface area contributed by atoms with Gasteiger partial charge in [-0.05, 0) is 53.6 Å². The molecular formula is C29H18ClFN2O2.